The van der Waals surface area contributed by atoms with Gasteiger partial charge in [0.05, 0.1) is 5.38 Å². The summed E-state index contributed by atoms with van der Waals surface area (Å²) in [6.07, 6.45) is 8.66. The van der Waals surface area contributed by atoms with E-state index in [9.17, 15) is 4.39 Å². The van der Waals surface area contributed by atoms with Gasteiger partial charge in [-0.2, -0.15) is 0 Å². The van der Waals surface area contributed by atoms with E-state index in [1.807, 2.05) is 0 Å². The predicted octanol–water partition coefficient (Wildman–Crippen LogP) is 5.86. The molecular weight excluding hydrogens is 235 g/mol. The van der Waals surface area contributed by atoms with Crippen molar-refractivity contribution in [3.05, 3.63) is 35.6 Å². The van der Waals surface area contributed by atoms with E-state index in [-0.39, 0.29) is 11.2 Å². The van der Waals surface area contributed by atoms with E-state index in [2.05, 4.69) is 6.92 Å². The molecule has 0 heterocycles. The molecule has 0 saturated heterocycles. The lowest BCUT2D eigenvalue weighted by Crippen LogP contribution is -1.91. The van der Waals surface area contributed by atoms with Crippen LogP contribution in [0.4, 0.5) is 4.39 Å². The lowest BCUT2D eigenvalue weighted by atomic mass is 10.0. The molecule has 96 valence electrons. The molecule has 1 aromatic rings. The van der Waals surface area contributed by atoms with Crippen LogP contribution >= 0.6 is 11.6 Å². The maximum Gasteiger partial charge on any atom is 0.123 e. The second-order valence-electron chi connectivity index (χ2n) is 4.58. The first-order chi connectivity index (χ1) is 8.24. The zero-order chi connectivity index (χ0) is 12.5. The first kappa shape index (κ1) is 14.5. The summed E-state index contributed by atoms with van der Waals surface area (Å²) in [5.41, 5.74) is 1.03. The molecule has 0 nitrogen and oxygen atoms in total. The molecule has 0 N–H and O–H groups in total. The van der Waals surface area contributed by atoms with Crippen molar-refractivity contribution in [3.8, 4) is 0 Å². The number of benzene rings is 1. The van der Waals surface area contributed by atoms with Crippen LogP contribution in [0, 0.1) is 5.82 Å². The molecule has 0 saturated carbocycles. The molecule has 0 spiro atoms. The monoisotopic (exact) mass is 256 g/mol. The summed E-state index contributed by atoms with van der Waals surface area (Å²) < 4.78 is 12.7. The van der Waals surface area contributed by atoms with Crippen LogP contribution in [-0.4, -0.2) is 0 Å². The third-order valence-electron chi connectivity index (χ3n) is 3.04. The Balaban J connectivity index is 2.16. The van der Waals surface area contributed by atoms with Gasteiger partial charge in [0.15, 0.2) is 0 Å². The molecule has 1 atom stereocenters. The highest BCUT2D eigenvalue weighted by Crippen LogP contribution is 2.26. The summed E-state index contributed by atoms with van der Waals surface area (Å²) in [4.78, 5) is 0. The van der Waals surface area contributed by atoms with Crippen molar-refractivity contribution < 1.29 is 4.39 Å². The van der Waals surface area contributed by atoms with Crippen LogP contribution in [0.25, 0.3) is 0 Å². The van der Waals surface area contributed by atoms with Crippen LogP contribution in [0.5, 0.6) is 0 Å². The van der Waals surface area contributed by atoms with E-state index in [0.29, 0.717) is 0 Å². The highest BCUT2D eigenvalue weighted by atomic mass is 35.5. The van der Waals surface area contributed by atoms with Crippen molar-refractivity contribution in [2.24, 2.45) is 0 Å². The molecule has 0 aromatic heterocycles. The predicted molar refractivity (Wildman–Crippen MR) is 73.0 cm³/mol. The van der Waals surface area contributed by atoms with Gasteiger partial charge in [-0.25, -0.2) is 4.39 Å². The van der Waals surface area contributed by atoms with Gasteiger partial charge in [-0.3, -0.25) is 0 Å². The molecule has 1 aromatic carbocycles. The molecule has 0 aliphatic rings. The normalized spacial score (nSPS) is 12.6. The minimum atomic E-state index is -0.197. The van der Waals surface area contributed by atoms with Crippen molar-refractivity contribution in [3.63, 3.8) is 0 Å². The van der Waals surface area contributed by atoms with E-state index in [1.165, 1.54) is 44.2 Å². The van der Waals surface area contributed by atoms with Crippen molar-refractivity contribution >= 4 is 11.6 Å². The Hall–Kier alpha value is -0.560. The van der Waals surface area contributed by atoms with Gasteiger partial charge in [-0.15, -0.1) is 11.6 Å². The zero-order valence-electron chi connectivity index (χ0n) is 10.6. The molecule has 2 heteroatoms. The highest BCUT2D eigenvalue weighted by Gasteiger charge is 2.07. The molecule has 1 rings (SSSR count). The average Bonchev–Trinajstić information content (AvgIpc) is 2.34. The smallest absolute Gasteiger partial charge is 0.123 e. The fourth-order valence-electron chi connectivity index (χ4n) is 1.94. The SMILES string of the molecule is CCCCCCCCC(Cl)c1ccc(F)cc1. The summed E-state index contributed by atoms with van der Waals surface area (Å²) in [5.74, 6) is -0.197. The van der Waals surface area contributed by atoms with Crippen molar-refractivity contribution in [2.75, 3.05) is 0 Å². The quantitative estimate of drug-likeness (QED) is 0.404. The van der Waals surface area contributed by atoms with E-state index in [4.69, 9.17) is 11.6 Å². The van der Waals surface area contributed by atoms with Gasteiger partial charge in [-0.1, -0.05) is 57.6 Å². The maximum absolute atomic E-state index is 12.7. The molecule has 0 aliphatic carbocycles. The van der Waals surface area contributed by atoms with Gasteiger partial charge >= 0.3 is 0 Å². The molecule has 0 fully saturated rings. The first-order valence-electron chi connectivity index (χ1n) is 6.63. The van der Waals surface area contributed by atoms with Gasteiger partial charge in [0.25, 0.3) is 0 Å². The molecule has 0 aliphatic heterocycles. The minimum absolute atomic E-state index is 0.0294. The minimum Gasteiger partial charge on any atom is -0.207 e. The second kappa shape index (κ2) is 8.52. The van der Waals surface area contributed by atoms with E-state index >= 15 is 0 Å². The lowest BCUT2D eigenvalue weighted by molar-refractivity contribution is 0.584. The van der Waals surface area contributed by atoms with E-state index in [1.54, 1.807) is 12.1 Å². The molecule has 1 unspecified atom stereocenters. The van der Waals surface area contributed by atoms with E-state index < -0.39 is 0 Å². The summed E-state index contributed by atoms with van der Waals surface area (Å²) >= 11 is 6.28. The van der Waals surface area contributed by atoms with Gasteiger partial charge in [-0.05, 0) is 24.1 Å². The van der Waals surface area contributed by atoms with Crippen molar-refractivity contribution in [1.29, 1.82) is 0 Å². The number of hydrogen-bond acceptors (Lipinski definition) is 0. The van der Waals surface area contributed by atoms with Gasteiger partial charge in [0.1, 0.15) is 5.82 Å². The maximum atomic E-state index is 12.7. The lowest BCUT2D eigenvalue weighted by Gasteiger charge is -2.09. The fraction of sp³-hybridized carbons (Fsp3) is 0.600. The number of rotatable bonds is 8. The highest BCUT2D eigenvalue weighted by molar-refractivity contribution is 6.20. The molecule has 0 radical (unpaired) electrons. The third kappa shape index (κ3) is 6.07. The van der Waals surface area contributed by atoms with Crippen LogP contribution < -0.4 is 0 Å². The molecule has 0 amide bonds. The van der Waals surface area contributed by atoms with Crippen LogP contribution in [0.1, 0.15) is 62.8 Å². The Morgan fingerprint density at radius 1 is 1.00 bits per heavy atom. The standard InChI is InChI=1S/C15H22ClF/c1-2-3-4-5-6-7-8-15(16)13-9-11-14(17)12-10-13/h9-12,15H,2-8H2,1H3. The Bertz CT molecular complexity index is 294. The Labute approximate surface area is 109 Å². The third-order valence-corrected chi connectivity index (χ3v) is 3.51. The number of unbranched alkanes of at least 4 members (excludes halogenated alkanes) is 5. The van der Waals surface area contributed by atoms with Crippen LogP contribution in [-0.2, 0) is 0 Å². The topological polar surface area (TPSA) is 0 Å². The summed E-state index contributed by atoms with van der Waals surface area (Å²) in [6.45, 7) is 2.23. The average molecular weight is 257 g/mol. The van der Waals surface area contributed by atoms with Crippen molar-refractivity contribution in [2.45, 2.75) is 57.2 Å². The number of hydrogen-bond donors (Lipinski definition) is 0. The number of halogens is 2. The van der Waals surface area contributed by atoms with Crippen molar-refractivity contribution in [1.82, 2.24) is 0 Å². The van der Waals surface area contributed by atoms with Crippen LogP contribution in [0.3, 0.4) is 0 Å². The summed E-state index contributed by atoms with van der Waals surface area (Å²) in [7, 11) is 0. The Morgan fingerprint density at radius 3 is 2.24 bits per heavy atom. The van der Waals surface area contributed by atoms with Gasteiger partial charge in [0, 0.05) is 0 Å². The van der Waals surface area contributed by atoms with Crippen LogP contribution in [0.15, 0.2) is 24.3 Å². The molecule has 0 bridgehead atoms. The van der Waals surface area contributed by atoms with Gasteiger partial charge < -0.3 is 0 Å². The molecular formula is C15H22ClF. The first-order valence-corrected chi connectivity index (χ1v) is 7.07. The second-order valence-corrected chi connectivity index (χ2v) is 5.10. The largest absolute Gasteiger partial charge is 0.207 e. The number of alkyl halides is 1. The van der Waals surface area contributed by atoms with E-state index in [0.717, 1.165) is 18.4 Å². The van der Waals surface area contributed by atoms with Gasteiger partial charge in [0.2, 0.25) is 0 Å². The zero-order valence-corrected chi connectivity index (χ0v) is 11.3. The summed E-state index contributed by atoms with van der Waals surface area (Å²) in [5, 5.41) is 0.0294. The molecule has 17 heavy (non-hydrogen) atoms. The Morgan fingerprint density at radius 2 is 1.59 bits per heavy atom. The fourth-order valence-corrected chi connectivity index (χ4v) is 2.24. The Kier molecular flexibility index (Phi) is 7.27. The van der Waals surface area contributed by atoms with Crippen LogP contribution in [0.2, 0.25) is 0 Å². The summed E-state index contributed by atoms with van der Waals surface area (Å²) in [6, 6.07) is 6.52.